The molecule has 8 nitrogen and oxygen atoms in total. The van der Waals surface area contributed by atoms with Crippen LogP contribution in [0.2, 0.25) is 0 Å². The van der Waals surface area contributed by atoms with Gasteiger partial charge in [0.2, 0.25) is 0 Å². The fourth-order valence-electron chi connectivity index (χ4n) is 3.03. The first-order valence-corrected chi connectivity index (χ1v) is 8.33. The summed E-state index contributed by atoms with van der Waals surface area (Å²) in [7, 11) is 0. The molecule has 0 amide bonds. The van der Waals surface area contributed by atoms with Crippen LogP contribution in [0.15, 0.2) is 70.7 Å². The Labute approximate surface area is 153 Å². The zero-order valence-corrected chi connectivity index (χ0v) is 14.1. The molecule has 2 N–H and O–H groups in total. The van der Waals surface area contributed by atoms with E-state index in [-0.39, 0.29) is 23.0 Å². The number of anilines is 1. The maximum Gasteiger partial charge on any atom is 0.278 e. The smallest absolute Gasteiger partial charge is 0.278 e. The number of rotatable bonds is 3. The van der Waals surface area contributed by atoms with Gasteiger partial charge in [-0.25, -0.2) is 9.98 Å². The molecule has 2 aromatic carbocycles. The number of hydrogen-bond acceptors (Lipinski definition) is 6. The second-order valence-electron chi connectivity index (χ2n) is 6.10. The van der Waals surface area contributed by atoms with Gasteiger partial charge in [0.25, 0.3) is 11.2 Å². The number of H-pyrrole nitrogens is 1. The van der Waals surface area contributed by atoms with Crippen LogP contribution < -0.4 is 10.9 Å². The summed E-state index contributed by atoms with van der Waals surface area (Å²) >= 11 is 0. The summed E-state index contributed by atoms with van der Waals surface area (Å²) in [5.41, 5.74) is 2.41. The molecule has 1 aromatic heterocycles. The zero-order valence-electron chi connectivity index (χ0n) is 14.1. The average molecular weight is 361 g/mol. The third-order valence-corrected chi connectivity index (χ3v) is 4.40. The van der Waals surface area contributed by atoms with Crippen molar-refractivity contribution in [3.63, 3.8) is 0 Å². The first-order valence-electron chi connectivity index (χ1n) is 8.33. The van der Waals surface area contributed by atoms with Crippen molar-refractivity contribution < 1.29 is 4.92 Å². The molecule has 3 aromatic rings. The van der Waals surface area contributed by atoms with Crippen LogP contribution in [0.25, 0.3) is 0 Å². The molecular weight excluding hydrogens is 346 g/mol. The lowest BCUT2D eigenvalue weighted by Crippen LogP contribution is -2.15. The van der Waals surface area contributed by atoms with E-state index in [0.29, 0.717) is 12.2 Å². The van der Waals surface area contributed by atoms with Crippen LogP contribution in [0.3, 0.4) is 0 Å². The van der Waals surface area contributed by atoms with Crippen LogP contribution in [0.4, 0.5) is 17.2 Å². The topological polar surface area (TPSA) is 113 Å². The minimum Gasteiger partial charge on any atom is -0.361 e. The number of nitrogens with one attached hydrogen (secondary N) is 2. The quantitative estimate of drug-likeness (QED) is 0.548. The van der Waals surface area contributed by atoms with Crippen molar-refractivity contribution in [3.05, 3.63) is 92.5 Å². The number of nitro benzene ring substituents is 1. The van der Waals surface area contributed by atoms with Crippen LogP contribution in [0.5, 0.6) is 0 Å². The second-order valence-corrected chi connectivity index (χ2v) is 6.10. The highest BCUT2D eigenvalue weighted by Gasteiger charge is 2.23. The number of fused-ring (bicyclic) bond motifs is 1. The number of aromatic nitrogens is 2. The molecule has 1 atom stereocenters. The van der Waals surface area contributed by atoms with Gasteiger partial charge in [0, 0.05) is 18.6 Å². The first-order chi connectivity index (χ1) is 13.1. The fourth-order valence-corrected chi connectivity index (χ4v) is 3.03. The molecule has 0 radical (unpaired) electrons. The highest BCUT2D eigenvalue weighted by atomic mass is 16.6. The molecular formula is C19H15N5O3. The van der Waals surface area contributed by atoms with Gasteiger partial charge >= 0.3 is 0 Å². The lowest BCUT2D eigenvalue weighted by Gasteiger charge is -2.18. The number of nitro groups is 1. The fraction of sp³-hybridized carbons (Fsp3) is 0.105. The monoisotopic (exact) mass is 361 g/mol. The Bertz CT molecular complexity index is 1070. The molecule has 8 heteroatoms. The van der Waals surface area contributed by atoms with Crippen molar-refractivity contribution in [1.29, 1.82) is 0 Å². The Morgan fingerprint density at radius 3 is 2.52 bits per heavy atom. The van der Waals surface area contributed by atoms with Gasteiger partial charge in [-0.15, -0.1) is 0 Å². The summed E-state index contributed by atoms with van der Waals surface area (Å²) < 4.78 is 0. The van der Waals surface area contributed by atoms with Crippen molar-refractivity contribution in [1.82, 2.24) is 9.97 Å². The summed E-state index contributed by atoms with van der Waals surface area (Å²) in [6.07, 6.45) is 1.82. The van der Waals surface area contributed by atoms with Crippen LogP contribution in [0.1, 0.15) is 23.6 Å². The van der Waals surface area contributed by atoms with Crippen LogP contribution >= 0.6 is 0 Å². The maximum absolute atomic E-state index is 12.2. The predicted octanol–water partition coefficient (Wildman–Crippen LogP) is 3.36. The van der Waals surface area contributed by atoms with Crippen molar-refractivity contribution in [3.8, 4) is 0 Å². The summed E-state index contributed by atoms with van der Waals surface area (Å²) in [6, 6.07) is 15.7. The third-order valence-electron chi connectivity index (χ3n) is 4.40. The van der Waals surface area contributed by atoms with E-state index in [0.717, 1.165) is 16.8 Å². The van der Waals surface area contributed by atoms with Crippen molar-refractivity contribution in [2.24, 2.45) is 4.99 Å². The van der Waals surface area contributed by atoms with Crippen molar-refractivity contribution in [2.75, 3.05) is 5.32 Å². The Morgan fingerprint density at radius 2 is 1.81 bits per heavy atom. The average Bonchev–Trinajstić information content (AvgIpc) is 2.90. The molecule has 0 spiro atoms. The van der Waals surface area contributed by atoms with E-state index in [1.54, 1.807) is 12.1 Å². The van der Waals surface area contributed by atoms with E-state index in [1.807, 2.05) is 30.3 Å². The first kappa shape index (κ1) is 16.6. The standard InChI is InChI=1S/C19H15N5O3/c25-19-17-18(20-11-21-19)23-16(13-6-8-14(9-7-13)24(26)27)10-15(22-17)12-4-2-1-3-5-12/h1-9,11,16H,10H2,(H2,20,21,23,25)/t16-/m1/s1. The van der Waals surface area contributed by atoms with E-state index in [2.05, 4.69) is 20.3 Å². The van der Waals surface area contributed by atoms with Crippen LogP contribution in [-0.2, 0) is 0 Å². The van der Waals surface area contributed by atoms with E-state index in [1.165, 1.54) is 18.5 Å². The van der Waals surface area contributed by atoms with E-state index in [9.17, 15) is 14.9 Å². The van der Waals surface area contributed by atoms with Gasteiger partial charge < -0.3 is 10.3 Å². The molecule has 4 rings (SSSR count). The molecule has 0 fully saturated rings. The largest absolute Gasteiger partial charge is 0.361 e. The van der Waals surface area contributed by atoms with Crippen LogP contribution in [-0.4, -0.2) is 20.6 Å². The Hall–Kier alpha value is -3.81. The molecule has 0 saturated carbocycles. The number of non-ortho nitro benzene ring substituents is 1. The molecule has 0 bridgehead atoms. The Kier molecular flexibility index (Phi) is 4.21. The van der Waals surface area contributed by atoms with Gasteiger partial charge in [-0.2, -0.15) is 0 Å². The molecule has 27 heavy (non-hydrogen) atoms. The van der Waals surface area contributed by atoms with Gasteiger partial charge in [-0.3, -0.25) is 14.9 Å². The molecule has 1 aliphatic rings. The van der Waals surface area contributed by atoms with E-state index >= 15 is 0 Å². The van der Waals surface area contributed by atoms with Gasteiger partial charge in [-0.1, -0.05) is 42.5 Å². The highest BCUT2D eigenvalue weighted by Crippen LogP contribution is 2.32. The minimum atomic E-state index is -0.433. The molecule has 1 aliphatic heterocycles. The summed E-state index contributed by atoms with van der Waals surface area (Å²) in [6.45, 7) is 0. The predicted molar refractivity (Wildman–Crippen MR) is 102 cm³/mol. The van der Waals surface area contributed by atoms with E-state index < -0.39 is 4.92 Å². The van der Waals surface area contributed by atoms with E-state index in [4.69, 9.17) is 0 Å². The number of aliphatic imine (C=N–C) groups is 1. The highest BCUT2D eigenvalue weighted by molar-refractivity contribution is 6.03. The number of hydrogen-bond donors (Lipinski definition) is 2. The lowest BCUT2D eigenvalue weighted by atomic mass is 9.97. The minimum absolute atomic E-state index is 0.0271. The molecule has 134 valence electrons. The molecule has 0 saturated heterocycles. The molecule has 2 heterocycles. The molecule has 0 unspecified atom stereocenters. The lowest BCUT2D eigenvalue weighted by molar-refractivity contribution is -0.384. The second kappa shape index (κ2) is 6.83. The van der Waals surface area contributed by atoms with Crippen LogP contribution in [0, 0.1) is 10.1 Å². The summed E-state index contributed by atoms with van der Waals surface area (Å²) in [4.78, 5) is 34.0. The van der Waals surface area contributed by atoms with Gasteiger partial charge in [-0.05, 0) is 11.1 Å². The number of nitrogens with zero attached hydrogens (tertiary/aromatic N) is 3. The van der Waals surface area contributed by atoms with Gasteiger partial charge in [0.1, 0.15) is 0 Å². The summed E-state index contributed by atoms with van der Waals surface area (Å²) in [5.74, 6) is 0.382. The normalized spacial score (nSPS) is 15.9. The Morgan fingerprint density at radius 1 is 1.07 bits per heavy atom. The molecule has 0 aliphatic carbocycles. The van der Waals surface area contributed by atoms with Crippen molar-refractivity contribution in [2.45, 2.75) is 12.5 Å². The maximum atomic E-state index is 12.2. The Balaban J connectivity index is 1.80. The SMILES string of the molecule is O=c1[nH]cnc2c1N=C(c1ccccc1)C[C@H](c1ccc([N+](=O)[O-])cc1)N2. The third kappa shape index (κ3) is 3.32. The number of aromatic amines is 1. The number of benzene rings is 2. The zero-order chi connectivity index (χ0) is 18.8. The van der Waals surface area contributed by atoms with Crippen molar-refractivity contribution >= 4 is 22.9 Å². The van der Waals surface area contributed by atoms with Gasteiger partial charge in [0.05, 0.1) is 23.0 Å². The summed E-state index contributed by atoms with van der Waals surface area (Å²) in [5, 5.41) is 14.2. The van der Waals surface area contributed by atoms with Gasteiger partial charge in [0.15, 0.2) is 11.5 Å².